The first-order valence-corrected chi connectivity index (χ1v) is 3.72. The van der Waals surface area contributed by atoms with Crippen LogP contribution in [0.2, 0.25) is 0 Å². The van der Waals surface area contributed by atoms with Crippen LogP contribution in [0, 0.1) is 0 Å². The molecule has 0 amide bonds. The zero-order chi connectivity index (χ0) is 6.53. The molecule has 0 unspecified atom stereocenters. The lowest BCUT2D eigenvalue weighted by Crippen LogP contribution is -1.71. The molecule has 0 saturated heterocycles. The Morgan fingerprint density at radius 2 is 2.56 bits per heavy atom. The van der Waals surface area contributed by atoms with Gasteiger partial charge in [-0.25, -0.2) is 0 Å². The third kappa shape index (κ3) is 2.05. The maximum absolute atomic E-state index is 2.38. The minimum absolute atomic E-state index is 1.19. The van der Waals surface area contributed by atoms with E-state index in [0.29, 0.717) is 0 Å². The molecule has 0 radical (unpaired) electrons. The maximum Gasteiger partial charge on any atom is -0.0139 e. The second kappa shape index (κ2) is 3.49. The predicted molar refractivity (Wildman–Crippen MR) is 41.4 cm³/mol. The van der Waals surface area contributed by atoms with E-state index in [2.05, 4.69) is 25.2 Å². The summed E-state index contributed by atoms with van der Waals surface area (Å²) in [4.78, 5) is 0. The lowest BCUT2D eigenvalue weighted by molar-refractivity contribution is 0.893. The first kappa shape index (κ1) is 6.60. The third-order valence-corrected chi connectivity index (χ3v) is 1.75. The Balaban J connectivity index is 2.26. The molecule has 0 heterocycles. The minimum atomic E-state index is 1.19. The van der Waals surface area contributed by atoms with E-state index in [0.717, 1.165) is 0 Å². The number of allylic oxidation sites excluding steroid dienone is 4. The van der Waals surface area contributed by atoms with Crippen LogP contribution in [-0.4, -0.2) is 0 Å². The van der Waals surface area contributed by atoms with Gasteiger partial charge in [0.05, 0.1) is 0 Å². The van der Waals surface area contributed by atoms with Crippen LogP contribution >= 0.6 is 0 Å². The summed E-state index contributed by atoms with van der Waals surface area (Å²) in [6.07, 6.45) is 12.0. The van der Waals surface area contributed by atoms with Gasteiger partial charge < -0.3 is 0 Å². The summed E-state index contributed by atoms with van der Waals surface area (Å²) >= 11 is 0. The highest BCUT2D eigenvalue weighted by Crippen LogP contribution is 2.20. The highest BCUT2D eigenvalue weighted by Gasteiger charge is 2.00. The van der Waals surface area contributed by atoms with Gasteiger partial charge in [0.1, 0.15) is 0 Å². The summed E-state index contributed by atoms with van der Waals surface area (Å²) in [5, 5.41) is 0. The monoisotopic (exact) mass is 122 g/mol. The lowest BCUT2D eigenvalue weighted by Gasteiger charge is -1.91. The largest absolute Gasteiger partial charge is 0.0913 e. The van der Waals surface area contributed by atoms with Crippen molar-refractivity contribution in [1.29, 1.82) is 0 Å². The van der Waals surface area contributed by atoms with Crippen molar-refractivity contribution in [3.63, 3.8) is 0 Å². The molecule has 0 nitrogen and oxygen atoms in total. The molecular formula is C9H14. The topological polar surface area (TPSA) is 0 Å². The van der Waals surface area contributed by atoms with Crippen molar-refractivity contribution < 1.29 is 0 Å². The van der Waals surface area contributed by atoms with E-state index in [1.165, 1.54) is 25.7 Å². The molecule has 0 N–H and O–H groups in total. The summed E-state index contributed by atoms with van der Waals surface area (Å²) in [7, 11) is 0. The average Bonchev–Trinajstić information content (AvgIpc) is 2.34. The van der Waals surface area contributed by atoms with Crippen molar-refractivity contribution in [3.8, 4) is 0 Å². The molecule has 0 aromatic carbocycles. The van der Waals surface area contributed by atoms with E-state index in [1.807, 2.05) is 0 Å². The van der Waals surface area contributed by atoms with Crippen molar-refractivity contribution in [2.24, 2.45) is 0 Å². The number of rotatable bonds is 2. The highest BCUT2D eigenvalue weighted by molar-refractivity contribution is 5.11. The molecule has 0 heteroatoms. The molecule has 0 aliphatic heterocycles. The molecule has 0 saturated carbocycles. The molecule has 0 spiro atoms. The Morgan fingerprint density at radius 3 is 3.11 bits per heavy atom. The quantitative estimate of drug-likeness (QED) is 0.494. The second-order valence-electron chi connectivity index (χ2n) is 2.53. The zero-order valence-corrected chi connectivity index (χ0v) is 6.06. The molecule has 0 fully saturated rings. The maximum atomic E-state index is 2.38. The first-order valence-electron chi connectivity index (χ1n) is 3.72. The summed E-state index contributed by atoms with van der Waals surface area (Å²) in [5.74, 6) is 0. The Kier molecular flexibility index (Phi) is 2.56. The molecule has 0 aromatic rings. The van der Waals surface area contributed by atoms with Crippen LogP contribution in [0.1, 0.15) is 32.6 Å². The fraction of sp³-hybridized carbons (Fsp3) is 0.556. The summed E-state index contributed by atoms with van der Waals surface area (Å²) < 4.78 is 0. The van der Waals surface area contributed by atoms with E-state index in [9.17, 15) is 0 Å². The SMILES string of the molecule is CC=CCC1=CCCC1. The van der Waals surface area contributed by atoms with E-state index in [1.54, 1.807) is 5.57 Å². The fourth-order valence-corrected chi connectivity index (χ4v) is 1.19. The molecule has 1 aliphatic rings. The van der Waals surface area contributed by atoms with Gasteiger partial charge in [-0.05, 0) is 32.6 Å². The van der Waals surface area contributed by atoms with Crippen LogP contribution in [0.5, 0.6) is 0 Å². The van der Waals surface area contributed by atoms with Crippen LogP contribution in [0.15, 0.2) is 23.8 Å². The van der Waals surface area contributed by atoms with Crippen molar-refractivity contribution >= 4 is 0 Å². The number of hydrogen-bond acceptors (Lipinski definition) is 0. The van der Waals surface area contributed by atoms with Gasteiger partial charge in [0.25, 0.3) is 0 Å². The average molecular weight is 122 g/mol. The normalized spacial score (nSPS) is 19.0. The van der Waals surface area contributed by atoms with Gasteiger partial charge in [0.15, 0.2) is 0 Å². The van der Waals surface area contributed by atoms with Crippen LogP contribution in [-0.2, 0) is 0 Å². The van der Waals surface area contributed by atoms with Gasteiger partial charge in [0.2, 0.25) is 0 Å². The van der Waals surface area contributed by atoms with Gasteiger partial charge in [-0.1, -0.05) is 23.8 Å². The minimum Gasteiger partial charge on any atom is -0.0913 e. The Morgan fingerprint density at radius 1 is 1.67 bits per heavy atom. The van der Waals surface area contributed by atoms with E-state index in [4.69, 9.17) is 0 Å². The van der Waals surface area contributed by atoms with Crippen molar-refractivity contribution in [2.75, 3.05) is 0 Å². The van der Waals surface area contributed by atoms with Crippen molar-refractivity contribution in [3.05, 3.63) is 23.8 Å². The Bertz CT molecular complexity index is 129. The summed E-state index contributed by atoms with van der Waals surface area (Å²) in [5.41, 5.74) is 1.63. The van der Waals surface area contributed by atoms with Crippen molar-refractivity contribution in [1.82, 2.24) is 0 Å². The van der Waals surface area contributed by atoms with Gasteiger partial charge in [-0.3, -0.25) is 0 Å². The van der Waals surface area contributed by atoms with Gasteiger partial charge in [-0.2, -0.15) is 0 Å². The molecule has 0 atom stereocenters. The van der Waals surface area contributed by atoms with Crippen LogP contribution < -0.4 is 0 Å². The zero-order valence-electron chi connectivity index (χ0n) is 6.06. The van der Waals surface area contributed by atoms with Crippen molar-refractivity contribution in [2.45, 2.75) is 32.6 Å². The molecule has 9 heavy (non-hydrogen) atoms. The third-order valence-electron chi connectivity index (χ3n) is 1.75. The van der Waals surface area contributed by atoms with E-state index >= 15 is 0 Å². The molecule has 50 valence electrons. The molecule has 1 rings (SSSR count). The Hall–Kier alpha value is -0.520. The highest BCUT2D eigenvalue weighted by atomic mass is 14.1. The van der Waals surface area contributed by atoms with Crippen LogP contribution in [0.25, 0.3) is 0 Å². The second-order valence-corrected chi connectivity index (χ2v) is 2.53. The molecular weight excluding hydrogens is 108 g/mol. The van der Waals surface area contributed by atoms with Crippen LogP contribution in [0.3, 0.4) is 0 Å². The molecule has 1 aliphatic carbocycles. The molecule has 0 bridgehead atoms. The lowest BCUT2D eigenvalue weighted by atomic mass is 10.1. The summed E-state index contributed by atoms with van der Waals surface area (Å²) in [6.45, 7) is 2.08. The van der Waals surface area contributed by atoms with E-state index < -0.39 is 0 Å². The van der Waals surface area contributed by atoms with Gasteiger partial charge in [-0.15, -0.1) is 0 Å². The van der Waals surface area contributed by atoms with Gasteiger partial charge >= 0.3 is 0 Å². The first-order chi connectivity index (χ1) is 4.43. The summed E-state index contributed by atoms with van der Waals surface area (Å²) in [6, 6.07) is 0. The smallest absolute Gasteiger partial charge is 0.0139 e. The fourth-order valence-electron chi connectivity index (χ4n) is 1.19. The van der Waals surface area contributed by atoms with Crippen LogP contribution in [0.4, 0.5) is 0 Å². The standard InChI is InChI=1S/C9H14/c1-2-3-6-9-7-4-5-8-9/h2-3,7H,4-6,8H2,1H3. The van der Waals surface area contributed by atoms with E-state index in [-0.39, 0.29) is 0 Å². The van der Waals surface area contributed by atoms with Gasteiger partial charge in [0, 0.05) is 0 Å². The molecule has 0 aromatic heterocycles. The predicted octanol–water partition coefficient (Wildman–Crippen LogP) is 3.06. The Labute approximate surface area is 57.3 Å². The number of hydrogen-bond donors (Lipinski definition) is 0.